The fraction of sp³-hybridized carbons (Fsp3) is 0.120. The molecule has 1 aliphatic rings. The topological polar surface area (TPSA) is 66.8 Å². The van der Waals surface area contributed by atoms with Crippen LogP contribution in [-0.2, 0) is 9.59 Å². The number of carbonyl (C=O) groups is 2. The number of hydrogen-bond acceptors (Lipinski definition) is 4. The molecule has 1 fully saturated rings. The van der Waals surface area contributed by atoms with Gasteiger partial charge in [-0.15, -0.1) is 0 Å². The quantitative estimate of drug-likeness (QED) is 0.377. The molecule has 0 aromatic heterocycles. The smallest absolute Gasteiger partial charge is 0.300 e. The largest absolute Gasteiger partial charge is 0.507 e. The maximum Gasteiger partial charge on any atom is 0.300 e. The van der Waals surface area contributed by atoms with Crippen molar-refractivity contribution in [3.63, 3.8) is 0 Å². The lowest BCUT2D eigenvalue weighted by Crippen LogP contribution is -2.30. The van der Waals surface area contributed by atoms with Gasteiger partial charge in [0.1, 0.15) is 17.3 Å². The highest BCUT2D eigenvalue weighted by Gasteiger charge is 2.47. The number of aliphatic hydroxyl groups excluding tert-OH is 1. The second-order valence-electron chi connectivity index (χ2n) is 7.24. The number of aliphatic hydroxyl groups is 1. The molecular weight excluding hydrogens is 397 g/mol. The number of carbonyl (C=O) groups excluding carboxylic acids is 2. The zero-order chi connectivity index (χ0) is 22.1. The number of Topliss-reactive ketones (excluding diaryl/α,β-unsaturated/α-hetero) is 1. The Labute approximate surface area is 179 Å². The van der Waals surface area contributed by atoms with Crippen LogP contribution in [-0.4, -0.2) is 23.9 Å². The Kier molecular flexibility index (Phi) is 5.29. The summed E-state index contributed by atoms with van der Waals surface area (Å²) in [5.74, 6) is -1.83. The number of halogens is 1. The fourth-order valence-electron chi connectivity index (χ4n) is 3.80. The number of hydrogen-bond donors (Lipinski definition) is 1. The fourth-order valence-corrected chi connectivity index (χ4v) is 3.80. The Balaban J connectivity index is 1.96. The molecule has 6 heteroatoms. The number of ether oxygens (including phenoxy) is 1. The molecule has 0 radical (unpaired) electrons. The predicted octanol–water partition coefficient (Wildman–Crippen LogP) is 4.77. The van der Waals surface area contributed by atoms with Crippen LogP contribution < -0.4 is 9.64 Å². The van der Waals surface area contributed by atoms with Gasteiger partial charge in [0.15, 0.2) is 0 Å². The van der Waals surface area contributed by atoms with E-state index in [4.69, 9.17) is 4.74 Å². The Hall–Kier alpha value is -3.93. The van der Waals surface area contributed by atoms with Gasteiger partial charge in [0.25, 0.3) is 11.7 Å². The van der Waals surface area contributed by atoms with Crippen molar-refractivity contribution in [1.29, 1.82) is 0 Å². The van der Waals surface area contributed by atoms with Gasteiger partial charge in [-0.3, -0.25) is 14.5 Å². The molecule has 4 rings (SSSR count). The minimum atomic E-state index is -0.909. The summed E-state index contributed by atoms with van der Waals surface area (Å²) in [6.45, 7) is 1.83. The van der Waals surface area contributed by atoms with Crippen molar-refractivity contribution < 1.29 is 23.8 Å². The highest BCUT2D eigenvalue weighted by Crippen LogP contribution is 2.43. The first kappa shape index (κ1) is 20.3. The Morgan fingerprint density at radius 1 is 1.00 bits per heavy atom. The van der Waals surface area contributed by atoms with Gasteiger partial charge in [-0.1, -0.05) is 42.5 Å². The van der Waals surface area contributed by atoms with Crippen LogP contribution in [0, 0.1) is 12.7 Å². The average Bonchev–Trinajstić information content (AvgIpc) is 3.05. The van der Waals surface area contributed by atoms with Crippen molar-refractivity contribution >= 4 is 23.1 Å². The molecule has 1 heterocycles. The van der Waals surface area contributed by atoms with Crippen molar-refractivity contribution in [2.24, 2.45) is 0 Å². The summed E-state index contributed by atoms with van der Waals surface area (Å²) in [5.41, 5.74) is 2.12. The Morgan fingerprint density at radius 3 is 2.39 bits per heavy atom. The Bertz CT molecular complexity index is 1200. The van der Waals surface area contributed by atoms with E-state index in [1.54, 1.807) is 36.4 Å². The number of amides is 1. The predicted molar refractivity (Wildman–Crippen MR) is 115 cm³/mol. The molecular formula is C25H20FNO4. The lowest BCUT2D eigenvalue weighted by Gasteiger charge is -2.26. The van der Waals surface area contributed by atoms with Crippen LogP contribution in [0.1, 0.15) is 22.7 Å². The minimum absolute atomic E-state index is 0.0619. The molecule has 3 aromatic rings. The van der Waals surface area contributed by atoms with Gasteiger partial charge in [0, 0.05) is 11.3 Å². The molecule has 0 saturated carbocycles. The molecule has 5 nitrogen and oxygen atoms in total. The zero-order valence-corrected chi connectivity index (χ0v) is 17.0. The molecule has 1 aliphatic heterocycles. The van der Waals surface area contributed by atoms with Gasteiger partial charge >= 0.3 is 0 Å². The van der Waals surface area contributed by atoms with Crippen molar-refractivity contribution in [2.75, 3.05) is 12.0 Å². The third kappa shape index (κ3) is 3.57. The van der Waals surface area contributed by atoms with E-state index in [1.807, 2.05) is 19.1 Å². The van der Waals surface area contributed by atoms with E-state index in [1.165, 1.54) is 36.3 Å². The summed E-state index contributed by atoms with van der Waals surface area (Å²) in [6, 6.07) is 18.4. The monoisotopic (exact) mass is 417 g/mol. The molecule has 1 amide bonds. The maximum atomic E-state index is 13.6. The van der Waals surface area contributed by atoms with Gasteiger partial charge in [-0.25, -0.2) is 4.39 Å². The molecule has 0 aliphatic carbocycles. The van der Waals surface area contributed by atoms with E-state index in [9.17, 15) is 19.1 Å². The lowest BCUT2D eigenvalue weighted by molar-refractivity contribution is -0.132. The highest BCUT2D eigenvalue weighted by molar-refractivity contribution is 6.51. The minimum Gasteiger partial charge on any atom is -0.507 e. The van der Waals surface area contributed by atoms with Crippen molar-refractivity contribution in [3.8, 4) is 5.75 Å². The number of rotatable bonds is 4. The molecule has 156 valence electrons. The number of para-hydroxylation sites is 1. The highest BCUT2D eigenvalue weighted by atomic mass is 19.1. The van der Waals surface area contributed by atoms with Gasteiger partial charge in [-0.05, 0) is 48.4 Å². The summed E-state index contributed by atoms with van der Waals surface area (Å²) in [7, 11) is 1.49. The van der Waals surface area contributed by atoms with Gasteiger partial charge in [0.05, 0.1) is 18.7 Å². The van der Waals surface area contributed by atoms with E-state index >= 15 is 0 Å². The second-order valence-corrected chi connectivity index (χ2v) is 7.24. The van der Waals surface area contributed by atoms with Crippen molar-refractivity contribution in [3.05, 3.63) is 101 Å². The molecule has 1 unspecified atom stereocenters. The van der Waals surface area contributed by atoms with Crippen molar-refractivity contribution in [1.82, 2.24) is 0 Å². The van der Waals surface area contributed by atoms with Crippen molar-refractivity contribution in [2.45, 2.75) is 13.0 Å². The normalized spacial score (nSPS) is 17.8. The molecule has 1 saturated heterocycles. The summed E-state index contributed by atoms with van der Waals surface area (Å²) >= 11 is 0. The van der Waals surface area contributed by atoms with E-state index in [2.05, 4.69) is 0 Å². The Morgan fingerprint density at radius 2 is 1.71 bits per heavy atom. The third-order valence-electron chi connectivity index (χ3n) is 5.35. The van der Waals surface area contributed by atoms with Crippen LogP contribution in [0.2, 0.25) is 0 Å². The number of ketones is 1. The summed E-state index contributed by atoms with van der Waals surface area (Å²) < 4.78 is 18.8. The SMILES string of the molecule is COc1cccc(/C(O)=C2/C(=O)C(=O)N(c3ccccc3C)C2c2ccc(F)cc2)c1. The van der Waals surface area contributed by atoms with E-state index in [0.717, 1.165) is 5.56 Å². The van der Waals surface area contributed by atoms with Gasteiger partial charge < -0.3 is 9.84 Å². The van der Waals surface area contributed by atoms with Crippen LogP contribution in [0.15, 0.2) is 78.4 Å². The summed E-state index contributed by atoms with van der Waals surface area (Å²) in [5, 5.41) is 11.1. The third-order valence-corrected chi connectivity index (χ3v) is 5.35. The molecule has 31 heavy (non-hydrogen) atoms. The van der Waals surface area contributed by atoms with Crippen LogP contribution >= 0.6 is 0 Å². The molecule has 1 atom stereocenters. The van der Waals surface area contributed by atoms with E-state index in [-0.39, 0.29) is 11.3 Å². The standard InChI is InChI=1S/C25H20FNO4/c1-15-6-3-4-9-20(15)27-22(16-10-12-18(26)13-11-16)21(24(29)25(27)30)23(28)17-7-5-8-19(14-17)31-2/h3-14,22,28H,1-2H3/b23-21-. The number of benzene rings is 3. The molecule has 0 spiro atoms. The number of methoxy groups -OCH3 is 1. The number of anilines is 1. The van der Waals surface area contributed by atoms with E-state index < -0.39 is 23.5 Å². The lowest BCUT2D eigenvalue weighted by atomic mass is 9.95. The summed E-state index contributed by atoms with van der Waals surface area (Å²) in [4.78, 5) is 27.6. The second kappa shape index (κ2) is 8.07. The van der Waals surface area contributed by atoms with Crippen LogP contribution in [0.4, 0.5) is 10.1 Å². The first-order chi connectivity index (χ1) is 14.9. The zero-order valence-electron chi connectivity index (χ0n) is 17.0. The molecule has 1 N–H and O–H groups in total. The van der Waals surface area contributed by atoms with E-state index in [0.29, 0.717) is 22.6 Å². The number of aryl methyl sites for hydroxylation is 1. The first-order valence-corrected chi connectivity index (χ1v) is 9.69. The summed E-state index contributed by atoms with van der Waals surface area (Å²) in [6.07, 6.45) is 0. The maximum absolute atomic E-state index is 13.6. The van der Waals surface area contributed by atoms with Crippen LogP contribution in [0.25, 0.3) is 5.76 Å². The van der Waals surface area contributed by atoms with Gasteiger partial charge in [0.2, 0.25) is 0 Å². The average molecular weight is 417 g/mol. The van der Waals surface area contributed by atoms with Crippen LogP contribution in [0.3, 0.4) is 0 Å². The molecule has 3 aromatic carbocycles. The first-order valence-electron chi connectivity index (χ1n) is 9.69. The van der Waals surface area contributed by atoms with Gasteiger partial charge in [-0.2, -0.15) is 0 Å². The van der Waals surface area contributed by atoms with Crippen LogP contribution in [0.5, 0.6) is 5.75 Å². The number of nitrogens with zero attached hydrogens (tertiary/aromatic N) is 1. The molecule has 0 bridgehead atoms.